The van der Waals surface area contributed by atoms with Gasteiger partial charge in [-0.25, -0.2) is 0 Å². The predicted octanol–water partition coefficient (Wildman–Crippen LogP) is 3.65. The van der Waals surface area contributed by atoms with E-state index in [0.717, 1.165) is 56.6 Å². The highest BCUT2D eigenvalue weighted by Gasteiger charge is 2.41. The molecule has 11 heteroatoms. The second kappa shape index (κ2) is 9.93. The maximum Gasteiger partial charge on any atom is 0.417 e. The Bertz CT molecular complexity index is 1290. The number of amides is 3. The summed E-state index contributed by atoms with van der Waals surface area (Å²) in [4.78, 5) is 44.7. The quantitative estimate of drug-likeness (QED) is 0.580. The monoisotopic (exact) mass is 542 g/mol. The van der Waals surface area contributed by atoms with E-state index < -0.39 is 23.7 Å². The fourth-order valence-corrected chi connectivity index (χ4v) is 6.22. The molecule has 3 fully saturated rings. The van der Waals surface area contributed by atoms with Crippen LogP contribution in [0.4, 0.5) is 13.2 Å². The number of carbonyl (C=O) groups is 3. The van der Waals surface area contributed by atoms with Crippen LogP contribution >= 0.6 is 0 Å². The molecule has 0 bridgehead atoms. The number of pyridine rings is 1. The number of halogens is 3. The third-order valence-corrected chi connectivity index (χ3v) is 8.36. The van der Waals surface area contributed by atoms with Gasteiger partial charge < -0.3 is 9.64 Å². The van der Waals surface area contributed by atoms with Crippen LogP contribution in [-0.4, -0.2) is 63.8 Å². The van der Waals surface area contributed by atoms with Gasteiger partial charge in [-0.15, -0.1) is 0 Å². The maximum atomic E-state index is 13.0. The topological polar surface area (TPSA) is 91.8 Å². The van der Waals surface area contributed by atoms with Crippen molar-refractivity contribution >= 4 is 17.7 Å². The Kier molecular flexibility index (Phi) is 6.57. The van der Waals surface area contributed by atoms with Crippen LogP contribution in [0.25, 0.3) is 0 Å². The van der Waals surface area contributed by atoms with Crippen LogP contribution in [0.5, 0.6) is 5.75 Å². The molecule has 3 atom stereocenters. The number of benzene rings is 1. The molecule has 1 aromatic carbocycles. The van der Waals surface area contributed by atoms with Crippen LogP contribution in [0, 0.1) is 0 Å². The molecular formula is C28H29F3N4O4. The summed E-state index contributed by atoms with van der Waals surface area (Å²) in [6, 6.07) is 7.51. The van der Waals surface area contributed by atoms with E-state index in [1.54, 1.807) is 12.1 Å². The number of imide groups is 1. The number of carbonyl (C=O) groups excluding carboxylic acids is 3. The minimum Gasteiger partial charge on any atom is -0.489 e. The van der Waals surface area contributed by atoms with Crippen molar-refractivity contribution in [2.75, 3.05) is 13.1 Å². The van der Waals surface area contributed by atoms with Crippen LogP contribution in [0.2, 0.25) is 0 Å². The third kappa shape index (κ3) is 4.99. The lowest BCUT2D eigenvalue weighted by atomic mass is 9.85. The number of hydrogen-bond acceptors (Lipinski definition) is 6. The molecule has 3 aliphatic heterocycles. The van der Waals surface area contributed by atoms with Crippen molar-refractivity contribution in [3.63, 3.8) is 0 Å². The molecule has 8 nitrogen and oxygen atoms in total. The normalized spacial score (nSPS) is 26.3. The van der Waals surface area contributed by atoms with E-state index in [2.05, 4.69) is 15.2 Å². The molecule has 1 aliphatic carbocycles. The lowest BCUT2D eigenvalue weighted by Gasteiger charge is -2.48. The summed E-state index contributed by atoms with van der Waals surface area (Å²) in [7, 11) is 0. The molecule has 0 radical (unpaired) electrons. The number of fused-ring (bicyclic) bond motifs is 1. The van der Waals surface area contributed by atoms with Gasteiger partial charge in [-0.1, -0.05) is 6.42 Å². The predicted molar refractivity (Wildman–Crippen MR) is 133 cm³/mol. The average Bonchev–Trinajstić information content (AvgIpc) is 3.19. The summed E-state index contributed by atoms with van der Waals surface area (Å²) in [5.74, 6) is -0.204. The molecule has 1 saturated carbocycles. The minimum absolute atomic E-state index is 0.0401. The van der Waals surface area contributed by atoms with E-state index in [1.165, 1.54) is 11.0 Å². The smallest absolute Gasteiger partial charge is 0.417 e. The fourth-order valence-electron chi connectivity index (χ4n) is 6.22. The van der Waals surface area contributed by atoms with E-state index in [9.17, 15) is 27.6 Å². The molecule has 0 spiro atoms. The van der Waals surface area contributed by atoms with Crippen LogP contribution in [0.15, 0.2) is 36.5 Å². The molecule has 1 unspecified atom stereocenters. The second-order valence-corrected chi connectivity index (χ2v) is 10.8. The Morgan fingerprint density at radius 1 is 1.00 bits per heavy atom. The highest BCUT2D eigenvalue weighted by Crippen LogP contribution is 2.37. The Hall–Kier alpha value is -3.47. The first-order valence-electron chi connectivity index (χ1n) is 13.4. The number of nitrogens with one attached hydrogen (secondary N) is 1. The summed E-state index contributed by atoms with van der Waals surface area (Å²) >= 11 is 0. The number of nitrogens with zero attached hydrogens (tertiary/aromatic N) is 3. The number of aromatic nitrogens is 1. The Morgan fingerprint density at radius 3 is 2.51 bits per heavy atom. The van der Waals surface area contributed by atoms with E-state index in [4.69, 9.17) is 4.74 Å². The SMILES string of the molecule is O=C1CCC(N2Cc3cc(O[C@@H]4CCCC[C@H]4N4CC(c5ccc(C(F)(F)F)cn5)C4)ccc3C2=O)C(=O)N1. The van der Waals surface area contributed by atoms with Crippen molar-refractivity contribution in [3.05, 3.63) is 58.9 Å². The Balaban J connectivity index is 1.09. The van der Waals surface area contributed by atoms with Gasteiger partial charge in [-0.3, -0.25) is 29.6 Å². The second-order valence-electron chi connectivity index (χ2n) is 10.8. The van der Waals surface area contributed by atoms with Gasteiger partial charge in [-0.2, -0.15) is 13.2 Å². The van der Waals surface area contributed by atoms with Gasteiger partial charge in [0.05, 0.1) is 5.56 Å². The first-order valence-corrected chi connectivity index (χ1v) is 13.4. The van der Waals surface area contributed by atoms with Gasteiger partial charge >= 0.3 is 6.18 Å². The largest absolute Gasteiger partial charge is 0.489 e. The van der Waals surface area contributed by atoms with E-state index >= 15 is 0 Å². The standard InChI is InChI=1S/C28H29F3N4O4/c29-28(30,31)18-5-8-21(32-12-18)17-13-34(14-17)22-3-1-2-4-24(22)39-19-6-7-20-16(11-19)15-35(27(20)38)23-9-10-25(36)33-26(23)37/h5-8,11-12,17,22-24H,1-4,9-10,13-15H2,(H,33,36,37)/t22-,23?,24-/m1/s1. The number of piperidine rings is 1. The van der Waals surface area contributed by atoms with Gasteiger partial charge in [-0.05, 0) is 61.6 Å². The number of rotatable bonds is 5. The Labute approximate surface area is 223 Å². The summed E-state index contributed by atoms with van der Waals surface area (Å²) < 4.78 is 45.0. The molecule has 1 aromatic heterocycles. The summed E-state index contributed by atoms with van der Waals surface area (Å²) in [5.41, 5.74) is 1.28. The molecule has 6 rings (SSSR count). The highest BCUT2D eigenvalue weighted by atomic mass is 19.4. The zero-order chi connectivity index (χ0) is 27.3. The minimum atomic E-state index is -4.39. The van der Waals surface area contributed by atoms with Gasteiger partial charge in [0.1, 0.15) is 17.9 Å². The molecule has 1 N–H and O–H groups in total. The van der Waals surface area contributed by atoms with E-state index in [-0.39, 0.29) is 36.3 Å². The van der Waals surface area contributed by atoms with E-state index in [1.807, 2.05) is 6.07 Å². The number of likely N-dealkylation sites (tertiary alicyclic amines) is 1. The molecule has 2 saturated heterocycles. The zero-order valence-corrected chi connectivity index (χ0v) is 21.2. The average molecular weight is 543 g/mol. The van der Waals surface area contributed by atoms with Crippen molar-refractivity contribution in [1.29, 1.82) is 0 Å². The van der Waals surface area contributed by atoms with Crippen molar-refractivity contribution < 1.29 is 32.3 Å². The molecule has 3 amide bonds. The van der Waals surface area contributed by atoms with Crippen molar-refractivity contribution in [3.8, 4) is 5.75 Å². The molecule has 39 heavy (non-hydrogen) atoms. The van der Waals surface area contributed by atoms with Crippen molar-refractivity contribution in [2.24, 2.45) is 0 Å². The van der Waals surface area contributed by atoms with Crippen LogP contribution in [0.1, 0.15) is 71.6 Å². The number of hydrogen-bond donors (Lipinski definition) is 1. The molecule has 4 aliphatic rings. The molecule has 2 aromatic rings. The van der Waals surface area contributed by atoms with Crippen LogP contribution in [0.3, 0.4) is 0 Å². The van der Waals surface area contributed by atoms with Gasteiger partial charge in [0.25, 0.3) is 5.91 Å². The first kappa shape index (κ1) is 25.8. The summed E-state index contributed by atoms with van der Waals surface area (Å²) in [6.07, 6.45) is 1.00. The van der Waals surface area contributed by atoms with Gasteiger partial charge in [0.2, 0.25) is 11.8 Å². The summed E-state index contributed by atoms with van der Waals surface area (Å²) in [5, 5.41) is 2.32. The molecule has 206 valence electrons. The third-order valence-electron chi connectivity index (χ3n) is 8.36. The van der Waals surface area contributed by atoms with Gasteiger partial charge in [0, 0.05) is 55.5 Å². The molecular weight excluding hydrogens is 513 g/mol. The summed E-state index contributed by atoms with van der Waals surface area (Å²) in [6.45, 7) is 1.74. The van der Waals surface area contributed by atoms with Crippen LogP contribution in [-0.2, 0) is 22.3 Å². The lowest BCUT2D eigenvalue weighted by molar-refractivity contribution is -0.138. The lowest BCUT2D eigenvalue weighted by Crippen LogP contribution is -2.57. The maximum absolute atomic E-state index is 13.0. The number of ether oxygens (including phenoxy) is 1. The Morgan fingerprint density at radius 2 is 1.79 bits per heavy atom. The van der Waals surface area contributed by atoms with Crippen molar-refractivity contribution in [2.45, 2.75) is 75.4 Å². The van der Waals surface area contributed by atoms with Crippen LogP contribution < -0.4 is 10.1 Å². The zero-order valence-electron chi connectivity index (χ0n) is 21.2. The van der Waals surface area contributed by atoms with E-state index in [0.29, 0.717) is 30.0 Å². The fraction of sp³-hybridized carbons (Fsp3) is 0.500. The van der Waals surface area contributed by atoms with Gasteiger partial charge in [0.15, 0.2) is 0 Å². The molecule has 4 heterocycles. The first-order chi connectivity index (χ1) is 18.7. The highest BCUT2D eigenvalue weighted by molar-refractivity contribution is 6.05. The number of alkyl halides is 3. The van der Waals surface area contributed by atoms with Crippen molar-refractivity contribution in [1.82, 2.24) is 20.1 Å².